The molecule has 1 N–H and O–H groups in total. The molecule has 2 heterocycles. The van der Waals surface area contributed by atoms with Gasteiger partial charge in [-0.1, -0.05) is 12.0 Å². The van der Waals surface area contributed by atoms with Gasteiger partial charge in [-0.25, -0.2) is 9.79 Å². The van der Waals surface area contributed by atoms with Crippen molar-refractivity contribution in [1.82, 2.24) is 0 Å². The van der Waals surface area contributed by atoms with Gasteiger partial charge in [-0.05, 0) is 6.08 Å². The van der Waals surface area contributed by atoms with Gasteiger partial charge in [0.2, 0.25) is 0 Å². The molecule has 0 saturated carbocycles. The van der Waals surface area contributed by atoms with Crippen LogP contribution in [0.25, 0.3) is 0 Å². The van der Waals surface area contributed by atoms with Gasteiger partial charge in [0.15, 0.2) is 11.9 Å². The minimum absolute atomic E-state index is 0.0730. The van der Waals surface area contributed by atoms with E-state index in [9.17, 15) is 4.79 Å². The third-order valence-corrected chi connectivity index (χ3v) is 1.99. The van der Waals surface area contributed by atoms with Gasteiger partial charge in [0, 0.05) is 11.8 Å². The number of rotatable bonds is 1. The maximum atomic E-state index is 10.8. The minimum Gasteiger partial charge on any atom is -0.476 e. The number of aliphatic imine (C=N–C) groups is 2. The number of terminal acetylenes is 1. The standard InChI is InChI=1S/C10H6N2O2/c1-2-6-7-4-3-5-11-9(7)12-8(6)10(13)14/h1,3-5,9H,(H,13,14). The normalized spacial score (nSPS) is 23.1. The average Bonchev–Trinajstić information content (AvgIpc) is 2.56. The lowest BCUT2D eigenvalue weighted by atomic mass is 10.0. The van der Waals surface area contributed by atoms with E-state index in [1.807, 2.05) is 0 Å². The first-order valence-electron chi connectivity index (χ1n) is 3.96. The number of fused-ring (bicyclic) bond motifs is 1. The monoisotopic (exact) mass is 186 g/mol. The molecule has 1 atom stereocenters. The fourth-order valence-electron chi connectivity index (χ4n) is 1.40. The average molecular weight is 186 g/mol. The van der Waals surface area contributed by atoms with Gasteiger partial charge in [-0.3, -0.25) is 4.99 Å². The number of hydrogen-bond donors (Lipinski definition) is 1. The number of hydrogen-bond acceptors (Lipinski definition) is 3. The predicted molar refractivity (Wildman–Crippen MR) is 52.3 cm³/mol. The van der Waals surface area contributed by atoms with E-state index >= 15 is 0 Å². The number of aliphatic carboxylic acids is 1. The molecule has 0 aromatic heterocycles. The Labute approximate surface area is 80.4 Å². The molecular formula is C10H6N2O2. The molecule has 68 valence electrons. The number of carboxylic acid groups (broad SMARTS) is 1. The highest BCUT2D eigenvalue weighted by molar-refractivity contribution is 6.45. The Morgan fingerprint density at radius 3 is 3.07 bits per heavy atom. The number of nitrogens with zero attached hydrogens (tertiary/aromatic N) is 2. The van der Waals surface area contributed by atoms with Crippen molar-refractivity contribution in [2.45, 2.75) is 6.17 Å². The molecule has 0 bridgehead atoms. The third kappa shape index (κ3) is 1.07. The minimum atomic E-state index is -1.11. The first-order chi connectivity index (χ1) is 6.74. The summed E-state index contributed by atoms with van der Waals surface area (Å²) in [7, 11) is 0. The highest BCUT2D eigenvalue weighted by Crippen LogP contribution is 2.25. The van der Waals surface area contributed by atoms with E-state index in [0.29, 0.717) is 11.1 Å². The number of carbonyl (C=O) groups is 1. The van der Waals surface area contributed by atoms with Crippen LogP contribution in [0.4, 0.5) is 0 Å². The Morgan fingerprint density at radius 1 is 1.64 bits per heavy atom. The molecule has 0 fully saturated rings. The van der Waals surface area contributed by atoms with Crippen molar-refractivity contribution in [2.24, 2.45) is 9.98 Å². The van der Waals surface area contributed by atoms with Crippen LogP contribution >= 0.6 is 0 Å². The Hall–Kier alpha value is -2.15. The van der Waals surface area contributed by atoms with E-state index in [2.05, 4.69) is 15.9 Å². The van der Waals surface area contributed by atoms with Gasteiger partial charge in [-0.2, -0.15) is 0 Å². The number of allylic oxidation sites excluding steroid dienone is 1. The fraction of sp³-hybridized carbons (Fsp3) is 0.100. The largest absolute Gasteiger partial charge is 0.476 e. The lowest BCUT2D eigenvalue weighted by Crippen LogP contribution is -2.12. The second-order valence-electron chi connectivity index (χ2n) is 2.79. The lowest BCUT2D eigenvalue weighted by molar-refractivity contribution is -0.129. The third-order valence-electron chi connectivity index (χ3n) is 1.99. The molecule has 0 spiro atoms. The number of dihydropyridines is 1. The van der Waals surface area contributed by atoms with Crippen LogP contribution in [0.1, 0.15) is 0 Å². The van der Waals surface area contributed by atoms with Gasteiger partial charge >= 0.3 is 5.97 Å². The highest BCUT2D eigenvalue weighted by atomic mass is 16.4. The molecule has 0 aliphatic carbocycles. The molecule has 0 radical (unpaired) electrons. The van der Waals surface area contributed by atoms with Crippen molar-refractivity contribution >= 4 is 17.9 Å². The van der Waals surface area contributed by atoms with Crippen LogP contribution in [-0.4, -0.2) is 29.2 Å². The Bertz CT molecular complexity index is 461. The molecule has 2 aliphatic heterocycles. The van der Waals surface area contributed by atoms with Crippen molar-refractivity contribution in [3.8, 4) is 12.3 Å². The molecular weight excluding hydrogens is 180 g/mol. The lowest BCUT2D eigenvalue weighted by Gasteiger charge is -2.05. The maximum Gasteiger partial charge on any atom is 0.355 e. The Morgan fingerprint density at radius 2 is 2.43 bits per heavy atom. The molecule has 2 rings (SSSR count). The van der Waals surface area contributed by atoms with E-state index in [-0.39, 0.29) is 5.71 Å². The van der Waals surface area contributed by atoms with Crippen molar-refractivity contribution in [3.05, 3.63) is 23.3 Å². The molecule has 2 aliphatic rings. The Kier molecular flexibility index (Phi) is 1.79. The van der Waals surface area contributed by atoms with E-state index in [4.69, 9.17) is 11.5 Å². The van der Waals surface area contributed by atoms with Gasteiger partial charge < -0.3 is 5.11 Å². The summed E-state index contributed by atoms with van der Waals surface area (Å²) in [5.74, 6) is 1.23. The first-order valence-corrected chi connectivity index (χ1v) is 3.96. The van der Waals surface area contributed by atoms with Gasteiger partial charge in [0.05, 0.1) is 5.57 Å². The summed E-state index contributed by atoms with van der Waals surface area (Å²) >= 11 is 0. The second kappa shape index (κ2) is 2.96. The summed E-state index contributed by atoms with van der Waals surface area (Å²) in [4.78, 5) is 18.7. The zero-order valence-electron chi connectivity index (χ0n) is 7.14. The van der Waals surface area contributed by atoms with Gasteiger partial charge in [0.1, 0.15) is 0 Å². The summed E-state index contributed by atoms with van der Waals surface area (Å²) in [5.41, 5.74) is 0.944. The topological polar surface area (TPSA) is 62.0 Å². The molecule has 14 heavy (non-hydrogen) atoms. The van der Waals surface area contributed by atoms with Gasteiger partial charge in [-0.15, -0.1) is 6.42 Å². The smallest absolute Gasteiger partial charge is 0.355 e. The summed E-state index contributed by atoms with van der Waals surface area (Å²) in [6.45, 7) is 0. The van der Waals surface area contributed by atoms with E-state index < -0.39 is 12.1 Å². The van der Waals surface area contributed by atoms with Crippen molar-refractivity contribution < 1.29 is 9.90 Å². The summed E-state index contributed by atoms with van der Waals surface area (Å²) in [5, 5.41) is 8.83. The molecule has 4 nitrogen and oxygen atoms in total. The molecule has 0 saturated heterocycles. The van der Waals surface area contributed by atoms with Crippen LogP contribution in [0.15, 0.2) is 33.3 Å². The highest BCUT2D eigenvalue weighted by Gasteiger charge is 2.29. The van der Waals surface area contributed by atoms with Crippen molar-refractivity contribution in [3.63, 3.8) is 0 Å². The van der Waals surface area contributed by atoms with Gasteiger partial charge in [0.25, 0.3) is 0 Å². The molecule has 0 aromatic rings. The fourth-order valence-corrected chi connectivity index (χ4v) is 1.40. The van der Waals surface area contributed by atoms with E-state index in [1.165, 1.54) is 0 Å². The van der Waals surface area contributed by atoms with E-state index in [1.54, 1.807) is 18.4 Å². The Balaban J connectivity index is 2.55. The quantitative estimate of drug-likeness (QED) is 0.603. The van der Waals surface area contributed by atoms with Crippen LogP contribution in [0.2, 0.25) is 0 Å². The van der Waals surface area contributed by atoms with Crippen LogP contribution in [0.3, 0.4) is 0 Å². The van der Waals surface area contributed by atoms with Crippen LogP contribution in [-0.2, 0) is 4.79 Å². The zero-order chi connectivity index (χ0) is 10.1. The molecule has 0 aromatic carbocycles. The number of carboxylic acids is 1. The predicted octanol–water partition coefficient (Wildman–Crippen LogP) is 0.422. The van der Waals surface area contributed by atoms with Crippen LogP contribution < -0.4 is 0 Å². The SMILES string of the molecule is C#CC1=C2C=CC=NC2N=C1C(=O)O. The summed E-state index contributed by atoms with van der Waals surface area (Å²) in [6, 6.07) is 0. The molecule has 4 heteroatoms. The maximum absolute atomic E-state index is 10.8. The van der Waals surface area contributed by atoms with Crippen LogP contribution in [0, 0.1) is 12.3 Å². The summed E-state index contributed by atoms with van der Waals surface area (Å²) in [6.07, 6.45) is 9.80. The van der Waals surface area contributed by atoms with Crippen molar-refractivity contribution in [2.75, 3.05) is 0 Å². The molecule has 0 amide bonds. The molecule has 1 unspecified atom stereocenters. The van der Waals surface area contributed by atoms with Crippen LogP contribution in [0.5, 0.6) is 0 Å². The zero-order valence-corrected chi connectivity index (χ0v) is 7.14. The van der Waals surface area contributed by atoms with Crippen molar-refractivity contribution in [1.29, 1.82) is 0 Å². The second-order valence-corrected chi connectivity index (χ2v) is 2.79. The van der Waals surface area contributed by atoms with E-state index in [0.717, 1.165) is 0 Å². The summed E-state index contributed by atoms with van der Waals surface area (Å²) < 4.78 is 0. The first kappa shape index (κ1) is 8.45.